The Labute approximate surface area is 190 Å². The Balaban J connectivity index is 1.29. The predicted molar refractivity (Wildman–Crippen MR) is 123 cm³/mol. The highest BCUT2D eigenvalue weighted by atomic mass is 19.3. The van der Waals surface area contributed by atoms with Crippen LogP contribution in [0.3, 0.4) is 0 Å². The van der Waals surface area contributed by atoms with E-state index in [-0.39, 0.29) is 23.5 Å². The number of fused-ring (bicyclic) bond motifs is 1. The van der Waals surface area contributed by atoms with Crippen LogP contribution in [0.5, 0.6) is 5.75 Å². The first kappa shape index (κ1) is 24.8. The van der Waals surface area contributed by atoms with Gasteiger partial charge < -0.3 is 30.6 Å². The molecule has 1 aromatic heterocycles. The molecule has 1 heterocycles. The van der Waals surface area contributed by atoms with Crippen LogP contribution in [0, 0.1) is 0 Å². The number of aliphatic hydroxyl groups excluding tert-OH is 1. The maximum absolute atomic E-state index is 14.0. The lowest BCUT2D eigenvalue weighted by molar-refractivity contribution is -0.0818. The highest BCUT2D eigenvalue weighted by Crippen LogP contribution is 2.29. The maximum Gasteiger partial charge on any atom is 0.296 e. The quantitative estimate of drug-likeness (QED) is 0.251. The fraction of sp³-hybridized carbons (Fsp3) is 0.375. The minimum atomic E-state index is -3.01. The third kappa shape index (κ3) is 7.06. The van der Waals surface area contributed by atoms with Crippen molar-refractivity contribution in [2.75, 3.05) is 39.4 Å². The topological polar surface area (TPSA) is 107 Å². The van der Waals surface area contributed by atoms with E-state index in [9.17, 15) is 23.8 Å². The molecule has 2 aromatic carbocycles. The number of benzene rings is 2. The predicted octanol–water partition coefficient (Wildman–Crippen LogP) is 2.65. The molecular weight excluding hydrogens is 432 g/mol. The van der Waals surface area contributed by atoms with E-state index in [1.165, 1.54) is 24.3 Å². The van der Waals surface area contributed by atoms with Crippen molar-refractivity contribution in [2.45, 2.75) is 18.4 Å². The van der Waals surface area contributed by atoms with Crippen molar-refractivity contribution in [3.63, 3.8) is 0 Å². The fourth-order valence-corrected chi connectivity index (χ4v) is 3.47. The van der Waals surface area contributed by atoms with Gasteiger partial charge in [-0.05, 0) is 37.2 Å². The lowest BCUT2D eigenvalue weighted by Gasteiger charge is -2.17. The van der Waals surface area contributed by atoms with E-state index in [1.807, 2.05) is 0 Å². The van der Waals surface area contributed by atoms with Crippen molar-refractivity contribution >= 4 is 10.9 Å². The number of nitrogens with one attached hydrogen (secondary N) is 3. The first-order chi connectivity index (χ1) is 15.9. The van der Waals surface area contributed by atoms with Crippen LogP contribution in [-0.4, -0.2) is 54.6 Å². The van der Waals surface area contributed by atoms with E-state index in [1.54, 1.807) is 30.3 Å². The number of H-pyrrole nitrogens is 1. The van der Waals surface area contributed by atoms with Gasteiger partial charge in [0.2, 0.25) is 5.56 Å². The summed E-state index contributed by atoms with van der Waals surface area (Å²) in [6.45, 7) is 1.61. The molecule has 0 aliphatic rings. The standard InChI is InChI=1S/C24H29F2N3O4/c25-24(26,17-5-2-1-3-6-17)16-33-14-13-27-11-4-12-28-15-21(31)18-7-9-20(30)23-19(18)8-10-22(32)29-23/h1-3,5-10,21,27-28,30-31H,4,11-16H2,(H,29,32). The fourth-order valence-electron chi connectivity index (χ4n) is 3.47. The summed E-state index contributed by atoms with van der Waals surface area (Å²) in [7, 11) is 0. The summed E-state index contributed by atoms with van der Waals surface area (Å²) in [5.41, 5.74) is 0.520. The molecule has 0 saturated carbocycles. The summed E-state index contributed by atoms with van der Waals surface area (Å²) in [5, 5.41) is 27.3. The average molecular weight is 462 g/mol. The highest BCUT2D eigenvalue weighted by molar-refractivity contribution is 5.87. The summed E-state index contributed by atoms with van der Waals surface area (Å²) in [6.07, 6.45) is -0.0389. The summed E-state index contributed by atoms with van der Waals surface area (Å²) in [5.74, 6) is -3.06. The van der Waals surface area contributed by atoms with Crippen LogP contribution in [0.4, 0.5) is 8.78 Å². The molecule has 3 rings (SSSR count). The molecule has 1 atom stereocenters. The molecule has 0 saturated heterocycles. The van der Waals surface area contributed by atoms with Crippen LogP contribution >= 0.6 is 0 Å². The van der Waals surface area contributed by atoms with Gasteiger partial charge in [-0.2, -0.15) is 8.78 Å². The zero-order valence-corrected chi connectivity index (χ0v) is 18.2. The van der Waals surface area contributed by atoms with Crippen LogP contribution in [0.25, 0.3) is 10.9 Å². The number of rotatable bonds is 13. The number of aromatic hydroxyl groups is 1. The highest BCUT2D eigenvalue weighted by Gasteiger charge is 2.31. The summed E-state index contributed by atoms with van der Waals surface area (Å²) < 4.78 is 33.1. The molecule has 0 bridgehead atoms. The van der Waals surface area contributed by atoms with Gasteiger partial charge in [0.25, 0.3) is 5.92 Å². The normalized spacial score (nSPS) is 12.8. The van der Waals surface area contributed by atoms with Crippen LogP contribution < -0.4 is 16.2 Å². The zero-order valence-electron chi connectivity index (χ0n) is 18.2. The van der Waals surface area contributed by atoms with Crippen LogP contribution in [0.2, 0.25) is 0 Å². The Morgan fingerprint density at radius 1 is 1.00 bits per heavy atom. The van der Waals surface area contributed by atoms with E-state index in [2.05, 4.69) is 15.6 Å². The number of aromatic amines is 1. The molecule has 178 valence electrons. The SMILES string of the molecule is O=c1ccc2c(C(O)CNCCCNCCOCC(F)(F)c3ccccc3)ccc(O)c2[nH]1. The number of alkyl halides is 2. The van der Waals surface area contributed by atoms with E-state index in [0.717, 1.165) is 6.42 Å². The second kappa shape index (κ2) is 11.9. The van der Waals surface area contributed by atoms with Crippen LogP contribution in [-0.2, 0) is 10.7 Å². The van der Waals surface area contributed by atoms with Gasteiger partial charge >= 0.3 is 0 Å². The summed E-state index contributed by atoms with van der Waals surface area (Å²) in [6, 6.07) is 13.6. The van der Waals surface area contributed by atoms with Gasteiger partial charge in [0.05, 0.1) is 18.2 Å². The molecule has 9 heteroatoms. The largest absolute Gasteiger partial charge is 0.506 e. The number of pyridine rings is 1. The van der Waals surface area contributed by atoms with Crippen molar-refractivity contribution in [3.8, 4) is 5.75 Å². The number of hydrogen-bond donors (Lipinski definition) is 5. The molecule has 3 aromatic rings. The second-order valence-corrected chi connectivity index (χ2v) is 7.73. The Hall–Kier alpha value is -2.85. The molecule has 7 nitrogen and oxygen atoms in total. The Kier molecular flexibility index (Phi) is 8.90. The van der Waals surface area contributed by atoms with Crippen molar-refractivity contribution in [1.82, 2.24) is 15.6 Å². The monoisotopic (exact) mass is 461 g/mol. The molecule has 0 radical (unpaired) electrons. The lowest BCUT2D eigenvalue weighted by Crippen LogP contribution is -2.28. The van der Waals surface area contributed by atoms with E-state index in [4.69, 9.17) is 4.74 Å². The summed E-state index contributed by atoms with van der Waals surface area (Å²) >= 11 is 0. The van der Waals surface area contributed by atoms with Crippen molar-refractivity contribution in [3.05, 3.63) is 76.1 Å². The third-order valence-electron chi connectivity index (χ3n) is 5.21. The number of hydrogen-bond acceptors (Lipinski definition) is 6. The number of ether oxygens (including phenoxy) is 1. The average Bonchev–Trinajstić information content (AvgIpc) is 2.81. The van der Waals surface area contributed by atoms with Crippen LogP contribution in [0.1, 0.15) is 23.7 Å². The number of aromatic nitrogens is 1. The minimum absolute atomic E-state index is 0.0505. The third-order valence-corrected chi connectivity index (χ3v) is 5.21. The van der Waals surface area contributed by atoms with E-state index < -0.39 is 18.6 Å². The minimum Gasteiger partial charge on any atom is -0.506 e. The number of phenolic OH excluding ortho intramolecular Hbond substituents is 1. The van der Waals surface area contributed by atoms with Gasteiger partial charge in [-0.1, -0.05) is 36.4 Å². The van der Waals surface area contributed by atoms with Crippen molar-refractivity contribution in [1.29, 1.82) is 0 Å². The van der Waals surface area contributed by atoms with Gasteiger partial charge in [-0.3, -0.25) is 4.79 Å². The molecule has 1 unspecified atom stereocenters. The molecule has 0 fully saturated rings. The Morgan fingerprint density at radius 2 is 1.76 bits per heavy atom. The molecule has 0 aliphatic heterocycles. The second-order valence-electron chi connectivity index (χ2n) is 7.73. The van der Waals surface area contributed by atoms with Crippen LogP contribution in [0.15, 0.2) is 59.4 Å². The number of aliphatic hydroxyl groups is 1. The van der Waals surface area contributed by atoms with Crippen molar-refractivity contribution in [2.24, 2.45) is 0 Å². The first-order valence-electron chi connectivity index (χ1n) is 10.8. The summed E-state index contributed by atoms with van der Waals surface area (Å²) in [4.78, 5) is 14.1. The smallest absolute Gasteiger partial charge is 0.296 e. The number of phenols is 1. The van der Waals surface area contributed by atoms with E-state index >= 15 is 0 Å². The van der Waals surface area contributed by atoms with E-state index in [0.29, 0.717) is 42.6 Å². The molecule has 33 heavy (non-hydrogen) atoms. The lowest BCUT2D eigenvalue weighted by atomic mass is 10.0. The first-order valence-corrected chi connectivity index (χ1v) is 10.8. The molecule has 0 amide bonds. The molecule has 0 spiro atoms. The Morgan fingerprint density at radius 3 is 2.55 bits per heavy atom. The van der Waals surface area contributed by atoms with Gasteiger partial charge in [-0.15, -0.1) is 0 Å². The van der Waals surface area contributed by atoms with Gasteiger partial charge in [0.1, 0.15) is 12.4 Å². The Bertz CT molecular complexity index is 1080. The molecule has 0 aliphatic carbocycles. The number of halogens is 2. The van der Waals surface area contributed by atoms with Gasteiger partial charge in [0, 0.05) is 30.1 Å². The van der Waals surface area contributed by atoms with Crippen molar-refractivity contribution < 1.29 is 23.7 Å². The van der Waals surface area contributed by atoms with Gasteiger partial charge in [0.15, 0.2) is 0 Å². The molecule has 5 N–H and O–H groups in total. The maximum atomic E-state index is 14.0. The zero-order chi connectivity index (χ0) is 23.7. The molecular formula is C24H29F2N3O4. The van der Waals surface area contributed by atoms with Gasteiger partial charge in [-0.25, -0.2) is 0 Å².